The highest BCUT2D eigenvalue weighted by Gasteiger charge is 2.14. The molecule has 2 aromatic rings. The highest BCUT2D eigenvalue weighted by atomic mass is 16.5. The smallest absolute Gasteiger partial charge is 0.344 e. The summed E-state index contributed by atoms with van der Waals surface area (Å²) in [6, 6.07) is 10.5. The number of carbonyl (C=O) groups excluding carboxylic acids is 1. The number of pyridine rings is 1. The number of quaternary nitrogens is 1. The summed E-state index contributed by atoms with van der Waals surface area (Å²) in [5, 5.41) is 11.5. The zero-order chi connectivity index (χ0) is 13.0. The molecule has 1 N–H and O–H groups in total. The van der Waals surface area contributed by atoms with E-state index < -0.39 is 11.0 Å². The summed E-state index contributed by atoms with van der Waals surface area (Å²) >= 11 is 0. The highest BCUT2D eigenvalue weighted by molar-refractivity contribution is 5.87. The van der Waals surface area contributed by atoms with Crippen molar-refractivity contribution in [1.29, 1.82) is 0 Å². The van der Waals surface area contributed by atoms with Crippen molar-refractivity contribution in [2.75, 3.05) is 0 Å². The van der Waals surface area contributed by atoms with Gasteiger partial charge in [0, 0.05) is 18.0 Å². The minimum absolute atomic E-state index is 0.120. The second-order valence-electron chi connectivity index (χ2n) is 4.15. The summed E-state index contributed by atoms with van der Waals surface area (Å²) in [5.41, 5.74) is 2.22. The molecule has 1 aromatic carbocycles. The van der Waals surface area contributed by atoms with E-state index in [1.165, 1.54) is 0 Å². The van der Waals surface area contributed by atoms with Gasteiger partial charge in [0.1, 0.15) is 6.54 Å². The van der Waals surface area contributed by atoms with Gasteiger partial charge < -0.3 is 10.3 Å². The standard InChI is InChI=1S/C14H14N2O2/c1-11-3-2-4-13(9-11)14(17)16(18)10-12-5-7-15-8-6-12/h2-9,16H,10H2,1H3. The molecule has 1 aromatic heterocycles. The molecule has 18 heavy (non-hydrogen) atoms. The Morgan fingerprint density at radius 3 is 2.67 bits per heavy atom. The van der Waals surface area contributed by atoms with E-state index in [1.807, 2.05) is 13.0 Å². The number of amides is 1. The zero-order valence-electron chi connectivity index (χ0n) is 10.1. The summed E-state index contributed by atoms with van der Waals surface area (Å²) in [6.45, 7) is 2.01. The molecule has 1 unspecified atom stereocenters. The molecule has 1 atom stereocenters. The molecule has 0 fully saturated rings. The average Bonchev–Trinajstić information content (AvgIpc) is 2.39. The van der Waals surface area contributed by atoms with E-state index in [9.17, 15) is 10.0 Å². The van der Waals surface area contributed by atoms with Gasteiger partial charge in [0.2, 0.25) is 0 Å². The Kier molecular flexibility index (Phi) is 3.82. The van der Waals surface area contributed by atoms with Gasteiger partial charge in [-0.1, -0.05) is 17.7 Å². The normalized spacial score (nSPS) is 12.1. The second kappa shape index (κ2) is 5.53. The van der Waals surface area contributed by atoms with Crippen molar-refractivity contribution in [3.8, 4) is 0 Å². The molecule has 0 spiro atoms. The van der Waals surface area contributed by atoms with Crippen LogP contribution in [-0.2, 0) is 6.54 Å². The van der Waals surface area contributed by atoms with E-state index in [2.05, 4.69) is 4.98 Å². The van der Waals surface area contributed by atoms with Crippen LogP contribution in [0.15, 0.2) is 48.8 Å². The monoisotopic (exact) mass is 242 g/mol. The van der Waals surface area contributed by atoms with Crippen LogP contribution in [0.1, 0.15) is 21.5 Å². The van der Waals surface area contributed by atoms with Crippen molar-refractivity contribution in [3.63, 3.8) is 0 Å². The van der Waals surface area contributed by atoms with E-state index in [-0.39, 0.29) is 6.54 Å². The number of carbonyl (C=O) groups is 1. The number of hydrogen-bond acceptors (Lipinski definition) is 3. The Morgan fingerprint density at radius 2 is 2.00 bits per heavy atom. The van der Waals surface area contributed by atoms with Crippen LogP contribution in [-0.4, -0.2) is 10.9 Å². The number of aryl methyl sites for hydroxylation is 1. The van der Waals surface area contributed by atoms with Gasteiger partial charge in [-0.05, 0) is 31.2 Å². The first-order valence-corrected chi connectivity index (χ1v) is 5.70. The molecular formula is C14H14N2O2. The molecule has 0 saturated heterocycles. The number of aromatic nitrogens is 1. The molecule has 0 aliphatic heterocycles. The molecule has 1 amide bonds. The number of nitrogens with zero attached hydrogens (tertiary/aromatic N) is 1. The molecular weight excluding hydrogens is 228 g/mol. The quantitative estimate of drug-likeness (QED) is 0.820. The third-order valence-electron chi connectivity index (χ3n) is 2.65. The fourth-order valence-electron chi connectivity index (χ4n) is 1.71. The number of rotatable bonds is 3. The number of nitrogens with one attached hydrogen (secondary N) is 1. The van der Waals surface area contributed by atoms with Crippen LogP contribution >= 0.6 is 0 Å². The number of hydroxylamine groups is 2. The first-order chi connectivity index (χ1) is 8.66. The van der Waals surface area contributed by atoms with E-state index in [4.69, 9.17) is 0 Å². The summed E-state index contributed by atoms with van der Waals surface area (Å²) < 4.78 is 0. The van der Waals surface area contributed by atoms with Gasteiger partial charge in [-0.15, -0.1) is 0 Å². The summed E-state index contributed by atoms with van der Waals surface area (Å²) in [4.78, 5) is 15.8. The molecule has 0 radical (unpaired) electrons. The molecule has 1 heterocycles. The molecule has 4 nitrogen and oxygen atoms in total. The van der Waals surface area contributed by atoms with Crippen LogP contribution in [0.2, 0.25) is 0 Å². The van der Waals surface area contributed by atoms with Gasteiger partial charge >= 0.3 is 5.91 Å². The minimum Gasteiger partial charge on any atom is -0.626 e. The minimum atomic E-state index is -0.435. The first-order valence-electron chi connectivity index (χ1n) is 5.70. The van der Waals surface area contributed by atoms with Gasteiger partial charge in [-0.25, -0.2) is 4.79 Å². The van der Waals surface area contributed by atoms with E-state index in [0.29, 0.717) is 5.56 Å². The fourth-order valence-corrected chi connectivity index (χ4v) is 1.71. The Morgan fingerprint density at radius 1 is 1.28 bits per heavy atom. The lowest BCUT2D eigenvalue weighted by molar-refractivity contribution is -0.773. The third kappa shape index (κ3) is 3.00. The number of benzene rings is 1. The van der Waals surface area contributed by atoms with Gasteiger partial charge in [0.05, 0.1) is 5.56 Å². The molecule has 4 heteroatoms. The molecule has 0 aliphatic carbocycles. The maximum Gasteiger partial charge on any atom is 0.344 e. The Bertz CT molecular complexity index is 541. The lowest BCUT2D eigenvalue weighted by atomic mass is 10.1. The zero-order valence-corrected chi connectivity index (χ0v) is 10.1. The Balaban J connectivity index is 2.10. The summed E-state index contributed by atoms with van der Waals surface area (Å²) in [6.07, 6.45) is 3.22. The topological polar surface area (TPSA) is 57.5 Å². The number of hydrogen-bond donors (Lipinski definition) is 1. The van der Waals surface area contributed by atoms with Crippen molar-refractivity contribution in [1.82, 2.24) is 4.98 Å². The Hall–Kier alpha value is -2.04. The average molecular weight is 242 g/mol. The Labute approximate surface area is 105 Å². The summed E-state index contributed by atoms with van der Waals surface area (Å²) in [5.74, 6) is -0.435. The van der Waals surface area contributed by atoms with Crippen molar-refractivity contribution < 1.29 is 9.86 Å². The van der Waals surface area contributed by atoms with E-state index in [1.54, 1.807) is 42.7 Å². The predicted molar refractivity (Wildman–Crippen MR) is 67.8 cm³/mol. The van der Waals surface area contributed by atoms with Crippen LogP contribution in [0.3, 0.4) is 0 Å². The van der Waals surface area contributed by atoms with Crippen LogP contribution in [0.4, 0.5) is 0 Å². The van der Waals surface area contributed by atoms with Crippen molar-refractivity contribution >= 4 is 5.91 Å². The predicted octanol–water partition coefficient (Wildman–Crippen LogP) is 1.11. The largest absolute Gasteiger partial charge is 0.626 e. The SMILES string of the molecule is Cc1cccc(C(=O)[NH+]([O-])Cc2ccncc2)c1. The lowest BCUT2D eigenvalue weighted by Gasteiger charge is -2.19. The first kappa shape index (κ1) is 12.4. The van der Waals surface area contributed by atoms with Crippen LogP contribution < -0.4 is 5.06 Å². The van der Waals surface area contributed by atoms with Gasteiger partial charge in [0.15, 0.2) is 0 Å². The van der Waals surface area contributed by atoms with Crippen molar-refractivity contribution in [3.05, 3.63) is 70.7 Å². The maximum atomic E-state index is 11.9. The summed E-state index contributed by atoms with van der Waals surface area (Å²) in [7, 11) is 0. The van der Waals surface area contributed by atoms with E-state index in [0.717, 1.165) is 11.1 Å². The maximum absolute atomic E-state index is 11.9. The molecule has 92 valence electrons. The molecule has 2 rings (SSSR count). The fraction of sp³-hybridized carbons (Fsp3) is 0.143. The molecule has 0 bridgehead atoms. The second-order valence-corrected chi connectivity index (χ2v) is 4.15. The molecule has 0 aliphatic rings. The highest BCUT2D eigenvalue weighted by Crippen LogP contribution is 2.02. The van der Waals surface area contributed by atoms with Crippen molar-refractivity contribution in [2.24, 2.45) is 0 Å². The lowest BCUT2D eigenvalue weighted by Crippen LogP contribution is -3.08. The van der Waals surface area contributed by atoms with Gasteiger partial charge in [-0.3, -0.25) is 4.98 Å². The van der Waals surface area contributed by atoms with Gasteiger partial charge in [-0.2, -0.15) is 0 Å². The van der Waals surface area contributed by atoms with Gasteiger partial charge in [0.25, 0.3) is 0 Å². The third-order valence-corrected chi connectivity index (χ3v) is 2.65. The van der Waals surface area contributed by atoms with E-state index >= 15 is 0 Å². The van der Waals surface area contributed by atoms with Crippen molar-refractivity contribution in [2.45, 2.75) is 13.5 Å². The molecule has 0 saturated carbocycles. The van der Waals surface area contributed by atoms with Crippen LogP contribution in [0.25, 0.3) is 0 Å². The van der Waals surface area contributed by atoms with Crippen LogP contribution in [0.5, 0.6) is 0 Å². The van der Waals surface area contributed by atoms with Crippen LogP contribution in [0, 0.1) is 12.1 Å².